The number of nitro groups is 1. The van der Waals surface area contributed by atoms with E-state index in [1.54, 1.807) is 24.3 Å². The summed E-state index contributed by atoms with van der Waals surface area (Å²) in [4.78, 5) is 10.1. The Hall–Kier alpha value is -2.87. The van der Waals surface area contributed by atoms with Gasteiger partial charge in [0.15, 0.2) is 0 Å². The third-order valence-corrected chi connectivity index (χ3v) is 5.14. The Balaban J connectivity index is 2.45. The van der Waals surface area contributed by atoms with Gasteiger partial charge in [-0.3, -0.25) is 14.4 Å². The highest BCUT2D eigenvalue weighted by atomic mass is 32.2. The van der Waals surface area contributed by atoms with Crippen LogP contribution in [0.25, 0.3) is 0 Å². The van der Waals surface area contributed by atoms with Crippen LogP contribution in [0.5, 0.6) is 5.75 Å². The van der Waals surface area contributed by atoms with Gasteiger partial charge in [0.2, 0.25) is 0 Å². The summed E-state index contributed by atoms with van der Waals surface area (Å²) in [5.41, 5.74) is 0.126. The Morgan fingerprint density at radius 1 is 1.24 bits per heavy atom. The van der Waals surface area contributed by atoms with Crippen LogP contribution in [0.3, 0.4) is 0 Å². The van der Waals surface area contributed by atoms with Gasteiger partial charge < -0.3 is 4.74 Å². The van der Waals surface area contributed by atoms with Crippen LogP contribution in [-0.4, -0.2) is 26.5 Å². The van der Waals surface area contributed by atoms with Gasteiger partial charge in [-0.15, -0.1) is 6.58 Å². The molecule has 0 aromatic heterocycles. The lowest BCUT2D eigenvalue weighted by molar-refractivity contribution is -0.385. The summed E-state index contributed by atoms with van der Waals surface area (Å²) in [7, 11) is -3.98. The fourth-order valence-electron chi connectivity index (χ4n) is 2.22. The number of hydrogen-bond acceptors (Lipinski definition) is 5. The van der Waals surface area contributed by atoms with Gasteiger partial charge >= 0.3 is 0 Å². The average Bonchev–Trinajstić information content (AvgIpc) is 2.61. The molecule has 0 atom stereocenters. The van der Waals surface area contributed by atoms with Crippen LogP contribution in [0.15, 0.2) is 66.1 Å². The highest BCUT2D eigenvalue weighted by molar-refractivity contribution is 7.92. The number of nitrogens with zero attached hydrogens (tertiary/aromatic N) is 2. The molecule has 132 valence electrons. The van der Waals surface area contributed by atoms with E-state index in [1.807, 2.05) is 6.92 Å². The molecule has 0 spiro atoms. The summed E-state index contributed by atoms with van der Waals surface area (Å²) < 4.78 is 32.3. The number of ether oxygens (including phenoxy) is 1. The molecule has 2 aromatic carbocycles. The minimum absolute atomic E-state index is 0.0268. The van der Waals surface area contributed by atoms with Crippen LogP contribution in [0.1, 0.15) is 6.92 Å². The molecule has 0 bridgehead atoms. The number of non-ortho nitro benzene ring substituents is 1. The summed E-state index contributed by atoms with van der Waals surface area (Å²) in [6, 6.07) is 11.5. The normalized spacial score (nSPS) is 10.9. The fourth-order valence-corrected chi connectivity index (χ4v) is 3.70. The molecule has 0 aliphatic heterocycles. The molecular formula is C17H18N2O5S. The highest BCUT2D eigenvalue weighted by Crippen LogP contribution is 2.27. The van der Waals surface area contributed by atoms with Crippen molar-refractivity contribution < 1.29 is 18.1 Å². The van der Waals surface area contributed by atoms with E-state index in [9.17, 15) is 18.5 Å². The molecule has 0 aliphatic carbocycles. The van der Waals surface area contributed by atoms with E-state index in [2.05, 4.69) is 6.58 Å². The van der Waals surface area contributed by atoms with Crippen molar-refractivity contribution in [3.63, 3.8) is 0 Å². The van der Waals surface area contributed by atoms with Crippen molar-refractivity contribution in [1.82, 2.24) is 0 Å². The van der Waals surface area contributed by atoms with Crippen molar-refractivity contribution in [3.05, 3.63) is 71.3 Å². The zero-order valence-electron chi connectivity index (χ0n) is 13.7. The molecule has 8 heteroatoms. The Labute approximate surface area is 146 Å². The van der Waals surface area contributed by atoms with Crippen molar-refractivity contribution >= 4 is 21.4 Å². The second-order valence-electron chi connectivity index (χ2n) is 5.01. The Kier molecular flexibility index (Phi) is 5.76. The lowest BCUT2D eigenvalue weighted by atomic mass is 10.3. The fraction of sp³-hybridized carbons (Fsp3) is 0.176. The summed E-state index contributed by atoms with van der Waals surface area (Å²) in [6.07, 6.45) is 1.45. The summed E-state index contributed by atoms with van der Waals surface area (Å²) in [6.45, 7) is 5.97. The topological polar surface area (TPSA) is 89.8 Å². The zero-order valence-corrected chi connectivity index (χ0v) is 14.5. The predicted molar refractivity (Wildman–Crippen MR) is 95.4 cm³/mol. The zero-order chi connectivity index (χ0) is 18.4. The number of hydrogen-bond donors (Lipinski definition) is 0. The van der Waals surface area contributed by atoms with Crippen molar-refractivity contribution in [2.75, 3.05) is 17.5 Å². The van der Waals surface area contributed by atoms with Gasteiger partial charge in [-0.2, -0.15) is 0 Å². The molecule has 0 fully saturated rings. The monoisotopic (exact) mass is 362 g/mol. The van der Waals surface area contributed by atoms with Crippen molar-refractivity contribution in [3.8, 4) is 5.75 Å². The Bertz CT molecular complexity index is 863. The lowest BCUT2D eigenvalue weighted by Crippen LogP contribution is -2.31. The second kappa shape index (κ2) is 7.80. The van der Waals surface area contributed by atoms with Crippen LogP contribution in [0.4, 0.5) is 11.4 Å². The Morgan fingerprint density at radius 2 is 1.92 bits per heavy atom. The summed E-state index contributed by atoms with van der Waals surface area (Å²) in [5.74, 6) is 0.623. The molecule has 0 saturated heterocycles. The maximum Gasteiger partial charge on any atom is 0.270 e. The first-order chi connectivity index (χ1) is 11.9. The standard InChI is InChI=1S/C17H18N2O5S/c1-3-12-18(14-8-10-16(11-9-14)24-4-2)25(22,23)17-7-5-6-15(13-17)19(20)21/h3,5-11,13H,1,4,12H2,2H3. The quantitative estimate of drug-likeness (QED) is 0.408. The molecule has 0 radical (unpaired) electrons. The average molecular weight is 362 g/mol. The van der Waals surface area contributed by atoms with Crippen LogP contribution < -0.4 is 9.04 Å². The molecule has 0 N–H and O–H groups in total. The highest BCUT2D eigenvalue weighted by Gasteiger charge is 2.25. The van der Waals surface area contributed by atoms with E-state index in [4.69, 9.17) is 4.74 Å². The van der Waals surface area contributed by atoms with Gasteiger partial charge in [-0.05, 0) is 37.3 Å². The van der Waals surface area contributed by atoms with Gasteiger partial charge in [0.1, 0.15) is 5.75 Å². The van der Waals surface area contributed by atoms with Crippen molar-refractivity contribution in [2.45, 2.75) is 11.8 Å². The van der Waals surface area contributed by atoms with Gasteiger partial charge in [-0.1, -0.05) is 12.1 Å². The molecule has 0 heterocycles. The van der Waals surface area contributed by atoms with Gasteiger partial charge in [0.05, 0.1) is 28.7 Å². The first kappa shape index (κ1) is 18.5. The van der Waals surface area contributed by atoms with Crippen LogP contribution in [0, 0.1) is 10.1 Å². The smallest absolute Gasteiger partial charge is 0.270 e. The molecule has 25 heavy (non-hydrogen) atoms. The van der Waals surface area contributed by atoms with Crippen LogP contribution >= 0.6 is 0 Å². The maximum absolute atomic E-state index is 12.9. The minimum Gasteiger partial charge on any atom is -0.494 e. The van der Waals surface area contributed by atoms with Crippen LogP contribution in [-0.2, 0) is 10.0 Å². The molecule has 2 aromatic rings. The molecule has 7 nitrogen and oxygen atoms in total. The second-order valence-corrected chi connectivity index (χ2v) is 6.87. The number of anilines is 1. The van der Waals surface area contributed by atoms with E-state index in [0.717, 1.165) is 10.4 Å². The third-order valence-electron chi connectivity index (χ3n) is 3.35. The van der Waals surface area contributed by atoms with E-state index < -0.39 is 14.9 Å². The van der Waals surface area contributed by atoms with E-state index in [0.29, 0.717) is 18.0 Å². The van der Waals surface area contributed by atoms with Gasteiger partial charge in [0.25, 0.3) is 15.7 Å². The summed E-state index contributed by atoms with van der Waals surface area (Å²) in [5, 5.41) is 10.9. The third kappa shape index (κ3) is 4.16. The number of nitro benzene ring substituents is 1. The van der Waals surface area contributed by atoms with E-state index in [1.165, 1.54) is 24.3 Å². The molecule has 0 aliphatic rings. The number of rotatable bonds is 8. The predicted octanol–water partition coefficient (Wildman–Crippen LogP) is 3.37. The molecule has 0 unspecified atom stereocenters. The van der Waals surface area contributed by atoms with Crippen LogP contribution in [0.2, 0.25) is 0 Å². The largest absolute Gasteiger partial charge is 0.494 e. The van der Waals surface area contributed by atoms with Crippen molar-refractivity contribution in [2.24, 2.45) is 0 Å². The lowest BCUT2D eigenvalue weighted by Gasteiger charge is -2.23. The SMILES string of the molecule is C=CCN(c1ccc(OCC)cc1)S(=O)(=O)c1cccc([N+](=O)[O-])c1. The number of benzene rings is 2. The summed E-state index contributed by atoms with van der Waals surface area (Å²) >= 11 is 0. The minimum atomic E-state index is -3.98. The first-order valence-corrected chi connectivity index (χ1v) is 8.95. The first-order valence-electron chi connectivity index (χ1n) is 7.51. The van der Waals surface area contributed by atoms with E-state index >= 15 is 0 Å². The Morgan fingerprint density at radius 3 is 2.48 bits per heavy atom. The molecular weight excluding hydrogens is 344 g/mol. The van der Waals surface area contributed by atoms with Crippen molar-refractivity contribution in [1.29, 1.82) is 0 Å². The number of sulfonamides is 1. The van der Waals surface area contributed by atoms with Gasteiger partial charge in [0, 0.05) is 12.1 Å². The molecule has 0 saturated carbocycles. The molecule has 0 amide bonds. The van der Waals surface area contributed by atoms with Gasteiger partial charge in [-0.25, -0.2) is 8.42 Å². The van der Waals surface area contributed by atoms with E-state index in [-0.39, 0.29) is 17.1 Å². The maximum atomic E-state index is 12.9. The molecule has 2 rings (SSSR count).